The van der Waals surface area contributed by atoms with E-state index in [4.69, 9.17) is 9.47 Å². The Bertz CT molecular complexity index is 583. The first-order valence-corrected chi connectivity index (χ1v) is 9.08. The fourth-order valence-corrected chi connectivity index (χ4v) is 3.33. The molecule has 0 spiro atoms. The van der Waals surface area contributed by atoms with Gasteiger partial charge in [0.1, 0.15) is 0 Å². The summed E-state index contributed by atoms with van der Waals surface area (Å²) in [5.41, 5.74) is 1.64. The van der Waals surface area contributed by atoms with Crippen molar-refractivity contribution < 1.29 is 9.47 Å². The second-order valence-electron chi connectivity index (χ2n) is 6.82. The quantitative estimate of drug-likeness (QED) is 0.401. The maximum Gasteiger partial charge on any atom is 0.191 e. The van der Waals surface area contributed by atoms with E-state index in [1.165, 1.54) is 25.7 Å². The Balaban J connectivity index is 0.00000225. The van der Waals surface area contributed by atoms with Gasteiger partial charge in [0.05, 0.1) is 13.2 Å². The van der Waals surface area contributed by atoms with Crippen LogP contribution in [-0.4, -0.2) is 32.8 Å². The number of aliphatic imine (C=N–C) groups is 1. The van der Waals surface area contributed by atoms with Crippen molar-refractivity contribution in [1.29, 1.82) is 0 Å². The highest BCUT2D eigenvalue weighted by atomic mass is 127. The smallest absolute Gasteiger partial charge is 0.191 e. The molecule has 1 fully saturated rings. The summed E-state index contributed by atoms with van der Waals surface area (Å²) in [4.78, 5) is 4.34. The van der Waals surface area contributed by atoms with Gasteiger partial charge >= 0.3 is 0 Å². The van der Waals surface area contributed by atoms with Crippen molar-refractivity contribution >= 4 is 29.9 Å². The first-order valence-electron chi connectivity index (χ1n) is 9.08. The number of guanidine groups is 1. The van der Waals surface area contributed by atoms with Gasteiger partial charge in [-0.3, -0.25) is 4.99 Å². The molecule has 5 nitrogen and oxygen atoms in total. The number of hydrogen-bond acceptors (Lipinski definition) is 3. The van der Waals surface area contributed by atoms with Crippen molar-refractivity contribution in [2.45, 2.75) is 45.6 Å². The molecule has 0 aromatic heterocycles. The van der Waals surface area contributed by atoms with Crippen LogP contribution in [0.25, 0.3) is 0 Å². The number of benzene rings is 1. The van der Waals surface area contributed by atoms with E-state index in [9.17, 15) is 0 Å². The van der Waals surface area contributed by atoms with Crippen LogP contribution < -0.4 is 20.1 Å². The number of rotatable bonds is 5. The van der Waals surface area contributed by atoms with Gasteiger partial charge in [0, 0.05) is 26.6 Å². The average Bonchev–Trinajstić information content (AvgIpc) is 2.81. The van der Waals surface area contributed by atoms with Gasteiger partial charge in [-0.15, -0.1) is 24.0 Å². The predicted molar refractivity (Wildman–Crippen MR) is 112 cm³/mol. The monoisotopic (exact) mass is 459 g/mol. The van der Waals surface area contributed by atoms with Crippen LogP contribution in [-0.2, 0) is 6.54 Å². The van der Waals surface area contributed by atoms with Crippen molar-refractivity contribution in [1.82, 2.24) is 10.6 Å². The summed E-state index contributed by atoms with van der Waals surface area (Å²) in [7, 11) is 1.82. The molecule has 25 heavy (non-hydrogen) atoms. The minimum Gasteiger partial charge on any atom is -0.490 e. The van der Waals surface area contributed by atoms with Gasteiger partial charge in [-0.1, -0.05) is 19.4 Å². The van der Waals surface area contributed by atoms with E-state index in [2.05, 4.69) is 34.7 Å². The van der Waals surface area contributed by atoms with Crippen LogP contribution in [0.2, 0.25) is 0 Å². The number of hydrogen-bond donors (Lipinski definition) is 2. The van der Waals surface area contributed by atoms with E-state index in [1.54, 1.807) is 0 Å². The molecule has 2 aliphatic rings. The lowest BCUT2D eigenvalue weighted by Crippen LogP contribution is -2.46. The van der Waals surface area contributed by atoms with Gasteiger partial charge in [-0.2, -0.15) is 0 Å². The second-order valence-corrected chi connectivity index (χ2v) is 6.82. The summed E-state index contributed by atoms with van der Waals surface area (Å²) in [6.07, 6.45) is 6.18. The topological polar surface area (TPSA) is 54.9 Å². The molecule has 140 valence electrons. The zero-order valence-electron chi connectivity index (χ0n) is 15.3. The Morgan fingerprint density at radius 2 is 1.88 bits per heavy atom. The lowest BCUT2D eigenvalue weighted by molar-refractivity contribution is 0.131. The third kappa shape index (κ3) is 5.15. The van der Waals surface area contributed by atoms with Crippen molar-refractivity contribution in [2.24, 2.45) is 10.4 Å². The third-order valence-corrected chi connectivity index (χ3v) is 5.29. The minimum atomic E-state index is 0. The van der Waals surface area contributed by atoms with Gasteiger partial charge in [0.25, 0.3) is 0 Å². The molecular formula is C19H30IN3O2. The van der Waals surface area contributed by atoms with Crippen LogP contribution in [0, 0.1) is 5.41 Å². The van der Waals surface area contributed by atoms with Crippen molar-refractivity contribution in [2.75, 3.05) is 26.8 Å². The Morgan fingerprint density at radius 1 is 1.12 bits per heavy atom. The van der Waals surface area contributed by atoms with Gasteiger partial charge in [-0.25, -0.2) is 0 Å². The van der Waals surface area contributed by atoms with Gasteiger partial charge in [-0.05, 0) is 42.4 Å². The Morgan fingerprint density at radius 3 is 2.52 bits per heavy atom. The summed E-state index contributed by atoms with van der Waals surface area (Å²) in [5.74, 6) is 2.55. The molecule has 1 aromatic rings. The van der Waals surface area contributed by atoms with E-state index in [1.807, 2.05) is 13.1 Å². The van der Waals surface area contributed by atoms with Gasteiger partial charge in [0.2, 0.25) is 0 Å². The summed E-state index contributed by atoms with van der Waals surface area (Å²) >= 11 is 0. The summed E-state index contributed by atoms with van der Waals surface area (Å²) in [6.45, 7) is 5.45. The van der Waals surface area contributed by atoms with Gasteiger partial charge in [0.15, 0.2) is 17.5 Å². The molecule has 0 saturated heterocycles. The molecule has 0 radical (unpaired) electrons. The number of fused-ring (bicyclic) bond motifs is 1. The van der Waals surface area contributed by atoms with E-state index in [0.717, 1.165) is 49.1 Å². The molecule has 1 saturated carbocycles. The van der Waals surface area contributed by atoms with Gasteiger partial charge < -0.3 is 20.1 Å². The molecular weight excluding hydrogens is 429 g/mol. The first kappa shape index (κ1) is 20.1. The maximum absolute atomic E-state index is 5.75. The van der Waals surface area contributed by atoms with Crippen LogP contribution in [0.3, 0.4) is 0 Å². The summed E-state index contributed by atoms with van der Waals surface area (Å²) in [5, 5.41) is 6.88. The maximum atomic E-state index is 5.75. The lowest BCUT2D eigenvalue weighted by atomic mass is 9.67. The SMILES string of the molecule is CCC1(CNC(=NC)NCc2ccc3c(c2)OCCCO3)CCC1.I. The zero-order chi connectivity index (χ0) is 16.8. The minimum absolute atomic E-state index is 0. The van der Waals surface area contributed by atoms with E-state index in [-0.39, 0.29) is 24.0 Å². The largest absolute Gasteiger partial charge is 0.490 e. The molecule has 1 aliphatic carbocycles. The molecule has 2 N–H and O–H groups in total. The van der Waals surface area contributed by atoms with Crippen molar-refractivity contribution in [3.8, 4) is 11.5 Å². The van der Waals surface area contributed by atoms with Crippen molar-refractivity contribution in [3.05, 3.63) is 23.8 Å². The molecule has 0 unspecified atom stereocenters. The molecule has 0 atom stereocenters. The molecule has 1 aromatic carbocycles. The fraction of sp³-hybridized carbons (Fsp3) is 0.632. The van der Waals surface area contributed by atoms with E-state index < -0.39 is 0 Å². The zero-order valence-corrected chi connectivity index (χ0v) is 17.6. The number of halogens is 1. The highest BCUT2D eigenvalue weighted by Gasteiger charge is 2.34. The highest BCUT2D eigenvalue weighted by molar-refractivity contribution is 14.0. The normalized spacial score (nSPS) is 18.4. The van der Waals surface area contributed by atoms with Crippen LogP contribution in [0.5, 0.6) is 11.5 Å². The lowest BCUT2D eigenvalue weighted by Gasteiger charge is -2.41. The number of ether oxygens (including phenoxy) is 2. The predicted octanol–water partition coefficient (Wildman–Crippen LogP) is 3.71. The summed E-state index contributed by atoms with van der Waals surface area (Å²) < 4.78 is 11.4. The number of nitrogens with one attached hydrogen (secondary N) is 2. The first-order chi connectivity index (χ1) is 11.7. The average molecular weight is 459 g/mol. The second kappa shape index (κ2) is 9.50. The van der Waals surface area contributed by atoms with E-state index >= 15 is 0 Å². The number of nitrogens with zero attached hydrogens (tertiary/aromatic N) is 1. The molecule has 1 heterocycles. The molecule has 3 rings (SSSR count). The summed E-state index contributed by atoms with van der Waals surface area (Å²) in [6, 6.07) is 6.13. The molecule has 0 amide bonds. The highest BCUT2D eigenvalue weighted by Crippen LogP contribution is 2.43. The Kier molecular flexibility index (Phi) is 7.65. The fourth-order valence-electron chi connectivity index (χ4n) is 3.33. The Labute approximate surface area is 168 Å². The molecule has 6 heteroatoms. The van der Waals surface area contributed by atoms with Crippen LogP contribution in [0.1, 0.15) is 44.6 Å². The van der Waals surface area contributed by atoms with Crippen molar-refractivity contribution in [3.63, 3.8) is 0 Å². The van der Waals surface area contributed by atoms with Crippen LogP contribution in [0.15, 0.2) is 23.2 Å². The molecule has 0 bridgehead atoms. The standard InChI is InChI=1S/C19H29N3O2.HI/c1-3-19(8-4-9-19)14-22-18(20-2)21-13-15-6-7-16-17(12-15)24-11-5-10-23-16;/h6-7,12H,3-5,8-11,13-14H2,1-2H3,(H2,20,21,22);1H. The molecule has 1 aliphatic heterocycles. The Hall–Kier alpha value is -1.18. The van der Waals surface area contributed by atoms with Crippen LogP contribution in [0.4, 0.5) is 0 Å². The third-order valence-electron chi connectivity index (χ3n) is 5.29. The van der Waals surface area contributed by atoms with E-state index in [0.29, 0.717) is 12.0 Å². The van der Waals surface area contributed by atoms with Crippen LogP contribution >= 0.6 is 24.0 Å².